The number of carbonyl (C=O) groups is 3. The number of esters is 2. The summed E-state index contributed by atoms with van der Waals surface area (Å²) in [5.41, 5.74) is -0.0669. The van der Waals surface area contributed by atoms with Gasteiger partial charge in [-0.05, 0) is 13.0 Å². The van der Waals surface area contributed by atoms with Crippen LogP contribution in [-0.2, 0) is 19.1 Å². The molecule has 0 spiro atoms. The van der Waals surface area contributed by atoms with E-state index in [0.29, 0.717) is 0 Å². The number of ether oxygens (including phenoxy) is 1. The number of carbonyl (C=O) groups excluding carboxylic acids is 2. The number of rotatable bonds is 2. The Balaban J connectivity index is 2.92. The van der Waals surface area contributed by atoms with Crippen LogP contribution in [0.15, 0.2) is 23.3 Å². The Bertz CT molecular complexity index is 348. The summed E-state index contributed by atoms with van der Waals surface area (Å²) in [6.07, 6.45) is 2.05. The van der Waals surface area contributed by atoms with Crippen molar-refractivity contribution in [2.75, 3.05) is 0 Å². The van der Waals surface area contributed by atoms with Gasteiger partial charge in [0.05, 0.1) is 5.57 Å². The van der Waals surface area contributed by atoms with Gasteiger partial charge in [-0.3, -0.25) is 0 Å². The van der Waals surface area contributed by atoms with Crippen LogP contribution in [0.3, 0.4) is 0 Å². The van der Waals surface area contributed by atoms with E-state index < -0.39 is 17.9 Å². The van der Waals surface area contributed by atoms with Gasteiger partial charge in [-0.1, -0.05) is 0 Å². The molecule has 13 heavy (non-hydrogen) atoms. The summed E-state index contributed by atoms with van der Waals surface area (Å²) in [6, 6.07) is 0. The van der Waals surface area contributed by atoms with Crippen molar-refractivity contribution >= 4 is 17.9 Å². The van der Waals surface area contributed by atoms with Gasteiger partial charge in [0.1, 0.15) is 0 Å². The first-order valence-electron chi connectivity index (χ1n) is 3.40. The number of hydrogen-bond donors (Lipinski definition) is 1. The molecule has 0 fully saturated rings. The third-order valence-corrected chi connectivity index (χ3v) is 1.41. The molecule has 1 heterocycles. The van der Waals surface area contributed by atoms with Crippen molar-refractivity contribution in [3.8, 4) is 0 Å². The maximum Gasteiger partial charge on any atom is 0.346 e. The first kappa shape index (κ1) is 9.18. The lowest BCUT2D eigenvalue weighted by molar-refractivity contribution is -0.150. The van der Waals surface area contributed by atoms with Crippen molar-refractivity contribution in [2.45, 2.75) is 6.92 Å². The fourth-order valence-electron chi connectivity index (χ4n) is 0.761. The summed E-state index contributed by atoms with van der Waals surface area (Å²) < 4.78 is 4.15. The van der Waals surface area contributed by atoms with E-state index in [1.807, 2.05) is 0 Å². The molecule has 1 aliphatic heterocycles. The van der Waals surface area contributed by atoms with E-state index >= 15 is 0 Å². The van der Waals surface area contributed by atoms with Crippen molar-refractivity contribution in [3.05, 3.63) is 23.3 Å². The van der Waals surface area contributed by atoms with E-state index in [0.717, 1.165) is 12.2 Å². The predicted octanol–water partition coefficient (Wildman–Crippen LogP) is 0.0271. The van der Waals surface area contributed by atoms with Crippen LogP contribution in [0.4, 0.5) is 0 Å². The molecule has 1 rings (SSSR count). The Morgan fingerprint density at radius 2 is 2.15 bits per heavy atom. The van der Waals surface area contributed by atoms with Crippen LogP contribution in [0, 0.1) is 0 Å². The largest absolute Gasteiger partial charge is 0.478 e. The molecule has 0 radical (unpaired) electrons. The van der Waals surface area contributed by atoms with Gasteiger partial charge in [0, 0.05) is 11.6 Å². The minimum Gasteiger partial charge on any atom is -0.478 e. The van der Waals surface area contributed by atoms with Gasteiger partial charge in [-0.2, -0.15) is 0 Å². The van der Waals surface area contributed by atoms with E-state index in [4.69, 9.17) is 5.11 Å². The van der Waals surface area contributed by atoms with Gasteiger partial charge < -0.3 is 9.84 Å². The van der Waals surface area contributed by atoms with Crippen molar-refractivity contribution in [2.24, 2.45) is 0 Å². The molecule has 5 nitrogen and oxygen atoms in total. The molecule has 0 atom stereocenters. The van der Waals surface area contributed by atoms with Gasteiger partial charge in [0.15, 0.2) is 0 Å². The molecule has 0 saturated heterocycles. The van der Waals surface area contributed by atoms with Crippen molar-refractivity contribution in [1.82, 2.24) is 0 Å². The Morgan fingerprint density at radius 1 is 1.54 bits per heavy atom. The fourth-order valence-corrected chi connectivity index (χ4v) is 0.761. The number of hydrogen-bond acceptors (Lipinski definition) is 4. The second-order valence-corrected chi connectivity index (χ2v) is 2.44. The maximum absolute atomic E-state index is 10.8. The monoisotopic (exact) mass is 182 g/mol. The highest BCUT2D eigenvalue weighted by atomic mass is 16.6. The van der Waals surface area contributed by atoms with E-state index in [1.54, 1.807) is 0 Å². The minimum absolute atomic E-state index is 0.0297. The van der Waals surface area contributed by atoms with Gasteiger partial charge in [0.25, 0.3) is 0 Å². The van der Waals surface area contributed by atoms with Gasteiger partial charge in [-0.15, -0.1) is 0 Å². The van der Waals surface area contributed by atoms with E-state index in [-0.39, 0.29) is 11.1 Å². The molecule has 0 unspecified atom stereocenters. The fraction of sp³-hybridized carbons (Fsp3) is 0.125. The summed E-state index contributed by atoms with van der Waals surface area (Å²) in [5.74, 6) is -2.73. The summed E-state index contributed by atoms with van der Waals surface area (Å²) in [5, 5.41) is 8.46. The highest BCUT2D eigenvalue weighted by Gasteiger charge is 2.22. The van der Waals surface area contributed by atoms with Crippen LogP contribution in [-0.4, -0.2) is 23.0 Å². The number of aliphatic carboxylic acids is 1. The summed E-state index contributed by atoms with van der Waals surface area (Å²) >= 11 is 0. The minimum atomic E-state index is -1.15. The molecule has 68 valence electrons. The predicted molar refractivity (Wildman–Crippen MR) is 40.6 cm³/mol. The Morgan fingerprint density at radius 3 is 2.54 bits per heavy atom. The Kier molecular flexibility index (Phi) is 2.27. The average molecular weight is 182 g/mol. The molecule has 5 heteroatoms. The normalized spacial score (nSPS) is 17.0. The first-order valence-corrected chi connectivity index (χ1v) is 3.40. The SMILES string of the molecule is CC(=CC1=CC(=O)OC1=O)C(=O)O. The van der Waals surface area contributed by atoms with Crippen LogP contribution in [0.1, 0.15) is 6.92 Å². The number of cyclic esters (lactones) is 2. The second-order valence-electron chi connectivity index (χ2n) is 2.44. The van der Waals surface area contributed by atoms with Gasteiger partial charge in [-0.25, -0.2) is 14.4 Å². The van der Waals surface area contributed by atoms with Crippen molar-refractivity contribution < 1.29 is 24.2 Å². The third kappa shape index (κ3) is 2.02. The molecule has 0 aromatic heterocycles. The Hall–Kier alpha value is -1.91. The molecule has 0 aliphatic carbocycles. The van der Waals surface area contributed by atoms with E-state index in [2.05, 4.69) is 4.74 Å². The number of carboxylic acids is 1. The quantitative estimate of drug-likeness (QED) is 0.370. The van der Waals surface area contributed by atoms with E-state index in [9.17, 15) is 14.4 Å². The molecule has 0 saturated carbocycles. The molecule has 0 aromatic carbocycles. The topological polar surface area (TPSA) is 80.7 Å². The van der Waals surface area contributed by atoms with Crippen LogP contribution in [0.5, 0.6) is 0 Å². The van der Waals surface area contributed by atoms with Crippen LogP contribution in [0.25, 0.3) is 0 Å². The Labute approximate surface area is 73.3 Å². The second kappa shape index (κ2) is 3.22. The van der Waals surface area contributed by atoms with Crippen molar-refractivity contribution in [1.29, 1.82) is 0 Å². The first-order chi connectivity index (χ1) is 6.00. The smallest absolute Gasteiger partial charge is 0.346 e. The third-order valence-electron chi connectivity index (χ3n) is 1.41. The maximum atomic E-state index is 10.8. The lowest BCUT2D eigenvalue weighted by atomic mass is 10.2. The molecule has 0 amide bonds. The molecule has 0 bridgehead atoms. The summed E-state index contributed by atoms with van der Waals surface area (Å²) in [4.78, 5) is 31.7. The zero-order valence-electron chi connectivity index (χ0n) is 6.73. The lowest BCUT2D eigenvalue weighted by Gasteiger charge is -1.92. The highest BCUT2D eigenvalue weighted by molar-refractivity contribution is 6.11. The molecular weight excluding hydrogens is 176 g/mol. The van der Waals surface area contributed by atoms with Crippen LogP contribution < -0.4 is 0 Å². The molecule has 0 aromatic rings. The lowest BCUT2D eigenvalue weighted by Crippen LogP contribution is -2.02. The van der Waals surface area contributed by atoms with E-state index in [1.165, 1.54) is 6.92 Å². The molecular formula is C8H6O5. The summed E-state index contributed by atoms with van der Waals surface area (Å²) in [7, 11) is 0. The highest BCUT2D eigenvalue weighted by Crippen LogP contribution is 2.11. The van der Waals surface area contributed by atoms with Gasteiger partial charge in [0.2, 0.25) is 0 Å². The average Bonchev–Trinajstić information content (AvgIpc) is 2.30. The zero-order chi connectivity index (χ0) is 10.0. The summed E-state index contributed by atoms with van der Waals surface area (Å²) in [6.45, 7) is 1.32. The molecule has 1 N–H and O–H groups in total. The van der Waals surface area contributed by atoms with Crippen molar-refractivity contribution in [3.63, 3.8) is 0 Å². The number of carboxylic acid groups (broad SMARTS) is 1. The standard InChI is InChI=1S/C8H6O5/c1-4(7(10)11)2-5-3-6(9)13-8(5)12/h2-3H,1H3,(H,10,11). The molecule has 1 aliphatic rings. The zero-order valence-corrected chi connectivity index (χ0v) is 6.73. The van der Waals surface area contributed by atoms with Crippen LogP contribution in [0.2, 0.25) is 0 Å². The van der Waals surface area contributed by atoms with Gasteiger partial charge >= 0.3 is 17.9 Å². The van der Waals surface area contributed by atoms with Crippen LogP contribution >= 0.6 is 0 Å².